The quantitative estimate of drug-likeness (QED) is 0.617. The molecule has 1 fully saturated rings. The molecule has 2 N–H and O–H groups in total. The number of nitrogens with one attached hydrogen (secondary N) is 1. The van der Waals surface area contributed by atoms with Crippen LogP contribution in [0.5, 0.6) is 0 Å². The van der Waals surface area contributed by atoms with E-state index in [1.165, 1.54) is 0 Å². The van der Waals surface area contributed by atoms with Crippen molar-refractivity contribution < 1.29 is 23.1 Å². The van der Waals surface area contributed by atoms with Crippen molar-refractivity contribution in [2.24, 2.45) is 5.92 Å². The van der Waals surface area contributed by atoms with Crippen LogP contribution in [0.25, 0.3) is 0 Å². The standard InChI is InChI=1S/C5H9N.C2HF3O2/c1-2-5-3-6-4-5;3-2(4,5)1(6)7/h2,5-6H,1,3-4H2;(H,6,7). The Kier molecular flexibility index (Phi) is 4.47. The molecule has 3 nitrogen and oxygen atoms in total. The van der Waals surface area contributed by atoms with Gasteiger partial charge in [0.2, 0.25) is 0 Å². The van der Waals surface area contributed by atoms with E-state index in [4.69, 9.17) is 9.90 Å². The maximum absolute atomic E-state index is 10.6. The highest BCUT2D eigenvalue weighted by Crippen LogP contribution is 2.13. The van der Waals surface area contributed by atoms with Crippen molar-refractivity contribution in [2.45, 2.75) is 6.18 Å². The number of carboxylic acid groups (broad SMARTS) is 1. The summed E-state index contributed by atoms with van der Waals surface area (Å²) in [4.78, 5) is 8.90. The lowest BCUT2D eigenvalue weighted by atomic mass is 10.1. The molecule has 0 radical (unpaired) electrons. The summed E-state index contributed by atoms with van der Waals surface area (Å²) in [7, 11) is 0. The molecule has 0 aliphatic carbocycles. The van der Waals surface area contributed by atoms with Crippen LogP contribution >= 0.6 is 0 Å². The first kappa shape index (κ1) is 12.0. The number of hydrogen-bond acceptors (Lipinski definition) is 2. The molecule has 0 amide bonds. The molecule has 0 atom stereocenters. The van der Waals surface area contributed by atoms with E-state index in [2.05, 4.69) is 11.9 Å². The van der Waals surface area contributed by atoms with Gasteiger partial charge in [0.05, 0.1) is 0 Å². The summed E-state index contributed by atoms with van der Waals surface area (Å²) >= 11 is 0. The summed E-state index contributed by atoms with van der Waals surface area (Å²) in [5.41, 5.74) is 0. The van der Waals surface area contributed by atoms with Crippen molar-refractivity contribution in [1.29, 1.82) is 0 Å². The highest BCUT2D eigenvalue weighted by molar-refractivity contribution is 5.73. The van der Waals surface area contributed by atoms with Gasteiger partial charge in [-0.25, -0.2) is 4.79 Å². The fourth-order valence-corrected chi connectivity index (χ4v) is 0.478. The monoisotopic (exact) mass is 197 g/mol. The molecule has 6 heteroatoms. The van der Waals surface area contributed by atoms with Crippen molar-refractivity contribution in [2.75, 3.05) is 13.1 Å². The molecular weight excluding hydrogens is 187 g/mol. The number of aliphatic carboxylic acids is 1. The molecule has 0 saturated carbocycles. The first-order valence-corrected chi connectivity index (χ1v) is 3.51. The van der Waals surface area contributed by atoms with Gasteiger partial charge < -0.3 is 10.4 Å². The van der Waals surface area contributed by atoms with Gasteiger partial charge >= 0.3 is 12.1 Å². The Morgan fingerprint density at radius 1 is 1.54 bits per heavy atom. The second-order valence-electron chi connectivity index (χ2n) is 2.46. The largest absolute Gasteiger partial charge is 0.490 e. The summed E-state index contributed by atoms with van der Waals surface area (Å²) in [5, 5.41) is 10.3. The van der Waals surface area contributed by atoms with Crippen LogP contribution in [0.1, 0.15) is 0 Å². The topological polar surface area (TPSA) is 49.3 Å². The van der Waals surface area contributed by atoms with Gasteiger partial charge in [-0.3, -0.25) is 0 Å². The van der Waals surface area contributed by atoms with Crippen LogP contribution in [0.4, 0.5) is 13.2 Å². The number of alkyl halides is 3. The second kappa shape index (κ2) is 4.86. The van der Waals surface area contributed by atoms with Gasteiger partial charge in [0, 0.05) is 19.0 Å². The van der Waals surface area contributed by atoms with Crippen LogP contribution in [0, 0.1) is 5.92 Å². The second-order valence-corrected chi connectivity index (χ2v) is 2.46. The Bertz CT molecular complexity index is 187. The first-order chi connectivity index (χ1) is 5.88. The van der Waals surface area contributed by atoms with E-state index in [1.807, 2.05) is 6.08 Å². The lowest BCUT2D eigenvalue weighted by molar-refractivity contribution is -0.192. The van der Waals surface area contributed by atoms with Crippen LogP contribution in [0.2, 0.25) is 0 Å². The van der Waals surface area contributed by atoms with Crippen LogP contribution in [-0.2, 0) is 4.79 Å². The Balaban J connectivity index is 0.000000223. The fraction of sp³-hybridized carbons (Fsp3) is 0.571. The molecule has 1 aliphatic heterocycles. The molecule has 0 aromatic heterocycles. The van der Waals surface area contributed by atoms with E-state index < -0.39 is 12.1 Å². The summed E-state index contributed by atoms with van der Waals surface area (Å²) < 4.78 is 31.7. The van der Waals surface area contributed by atoms with E-state index in [0.29, 0.717) is 0 Å². The predicted molar refractivity (Wildman–Crippen MR) is 40.2 cm³/mol. The molecule has 76 valence electrons. The van der Waals surface area contributed by atoms with E-state index in [0.717, 1.165) is 19.0 Å². The average Bonchev–Trinajstić information content (AvgIpc) is 1.83. The molecule has 0 aromatic carbocycles. The molecule has 1 saturated heterocycles. The zero-order valence-corrected chi connectivity index (χ0v) is 6.77. The van der Waals surface area contributed by atoms with Crippen LogP contribution in [0.15, 0.2) is 12.7 Å². The summed E-state index contributed by atoms with van der Waals surface area (Å²) in [6, 6.07) is 0. The third kappa shape index (κ3) is 5.24. The lowest BCUT2D eigenvalue weighted by Crippen LogP contribution is -2.40. The van der Waals surface area contributed by atoms with Crippen molar-refractivity contribution in [1.82, 2.24) is 5.32 Å². The fourth-order valence-electron chi connectivity index (χ4n) is 0.478. The van der Waals surface area contributed by atoms with Gasteiger partial charge in [-0.15, -0.1) is 6.58 Å². The maximum Gasteiger partial charge on any atom is 0.490 e. The third-order valence-electron chi connectivity index (χ3n) is 1.39. The highest BCUT2D eigenvalue weighted by atomic mass is 19.4. The molecule has 0 spiro atoms. The van der Waals surface area contributed by atoms with Gasteiger partial charge in [-0.2, -0.15) is 13.2 Å². The van der Waals surface area contributed by atoms with Crippen LogP contribution in [-0.4, -0.2) is 30.3 Å². The van der Waals surface area contributed by atoms with Crippen molar-refractivity contribution in [3.63, 3.8) is 0 Å². The van der Waals surface area contributed by atoms with Crippen molar-refractivity contribution in [3.05, 3.63) is 12.7 Å². The average molecular weight is 197 g/mol. The van der Waals surface area contributed by atoms with E-state index in [-0.39, 0.29) is 0 Å². The van der Waals surface area contributed by atoms with Gasteiger partial charge in [0.1, 0.15) is 0 Å². The van der Waals surface area contributed by atoms with E-state index >= 15 is 0 Å². The van der Waals surface area contributed by atoms with Crippen molar-refractivity contribution >= 4 is 5.97 Å². The van der Waals surface area contributed by atoms with E-state index in [1.54, 1.807) is 0 Å². The zero-order chi connectivity index (χ0) is 10.5. The number of carboxylic acids is 1. The molecule has 13 heavy (non-hydrogen) atoms. The number of carbonyl (C=O) groups is 1. The minimum Gasteiger partial charge on any atom is -0.475 e. The Morgan fingerprint density at radius 2 is 1.92 bits per heavy atom. The van der Waals surface area contributed by atoms with Gasteiger partial charge in [0.25, 0.3) is 0 Å². The smallest absolute Gasteiger partial charge is 0.475 e. The molecule has 1 heterocycles. The number of halogens is 3. The van der Waals surface area contributed by atoms with Gasteiger partial charge in [0.15, 0.2) is 0 Å². The summed E-state index contributed by atoms with van der Waals surface area (Å²) in [6.07, 6.45) is -3.09. The van der Waals surface area contributed by atoms with E-state index in [9.17, 15) is 13.2 Å². The Hall–Kier alpha value is -1.04. The molecular formula is C7H10F3NO2. The maximum atomic E-state index is 10.6. The molecule has 0 aromatic rings. The molecule has 1 rings (SSSR count). The zero-order valence-electron chi connectivity index (χ0n) is 6.77. The highest BCUT2D eigenvalue weighted by Gasteiger charge is 2.38. The first-order valence-electron chi connectivity index (χ1n) is 3.51. The predicted octanol–water partition coefficient (Wildman–Crippen LogP) is 1.03. The van der Waals surface area contributed by atoms with Gasteiger partial charge in [-0.05, 0) is 0 Å². The van der Waals surface area contributed by atoms with Crippen molar-refractivity contribution in [3.8, 4) is 0 Å². The Morgan fingerprint density at radius 3 is 1.92 bits per heavy atom. The molecule has 0 bridgehead atoms. The normalized spacial score (nSPS) is 16.5. The van der Waals surface area contributed by atoms with Gasteiger partial charge in [-0.1, -0.05) is 6.08 Å². The lowest BCUT2D eigenvalue weighted by Gasteiger charge is -2.22. The summed E-state index contributed by atoms with van der Waals surface area (Å²) in [5.74, 6) is -1.99. The third-order valence-corrected chi connectivity index (χ3v) is 1.39. The Labute approximate surface area is 73.2 Å². The molecule has 0 unspecified atom stereocenters. The minimum atomic E-state index is -5.08. The minimum absolute atomic E-state index is 0.769. The van der Waals surface area contributed by atoms with Crippen LogP contribution in [0.3, 0.4) is 0 Å². The molecule has 1 aliphatic rings. The number of hydrogen-bond donors (Lipinski definition) is 2. The number of rotatable bonds is 1. The SMILES string of the molecule is C=CC1CNC1.O=C(O)C(F)(F)F. The summed E-state index contributed by atoms with van der Waals surface area (Å²) in [6.45, 7) is 5.93. The van der Waals surface area contributed by atoms with Crippen LogP contribution < -0.4 is 5.32 Å².